The Morgan fingerprint density at radius 2 is 1.95 bits per heavy atom. The summed E-state index contributed by atoms with van der Waals surface area (Å²) in [5.74, 6) is 0.653. The summed E-state index contributed by atoms with van der Waals surface area (Å²) in [7, 11) is 1.61. The van der Waals surface area contributed by atoms with Crippen molar-refractivity contribution in [2.75, 3.05) is 25.1 Å². The van der Waals surface area contributed by atoms with Gasteiger partial charge in [0.25, 0.3) is 5.91 Å². The molecule has 1 aromatic carbocycles. The predicted molar refractivity (Wildman–Crippen MR) is 86.1 cm³/mol. The molecule has 2 aromatic rings. The number of primary amides is 1. The second kappa shape index (κ2) is 6.89. The third kappa shape index (κ3) is 3.33. The van der Waals surface area contributed by atoms with Crippen molar-refractivity contribution < 1.29 is 9.53 Å². The minimum atomic E-state index is -0.569. The Hall–Kier alpha value is -2.63. The molecule has 0 aliphatic heterocycles. The van der Waals surface area contributed by atoms with Crippen LogP contribution in [0.2, 0.25) is 0 Å². The lowest BCUT2D eigenvalue weighted by molar-refractivity contribution is 0.0995. The zero-order valence-corrected chi connectivity index (χ0v) is 13.0. The van der Waals surface area contributed by atoms with Crippen molar-refractivity contribution in [3.8, 4) is 17.0 Å². The molecule has 22 heavy (non-hydrogen) atoms. The van der Waals surface area contributed by atoms with Crippen molar-refractivity contribution in [3.05, 3.63) is 36.0 Å². The van der Waals surface area contributed by atoms with Crippen LogP contribution >= 0.6 is 0 Å². The van der Waals surface area contributed by atoms with Gasteiger partial charge in [-0.15, -0.1) is 0 Å². The molecule has 0 unspecified atom stereocenters. The fraction of sp³-hybridized carbons (Fsp3) is 0.312. The van der Waals surface area contributed by atoms with Gasteiger partial charge in [0.15, 0.2) is 0 Å². The number of carbonyl (C=O) groups excluding carboxylic acids is 1. The molecule has 116 valence electrons. The van der Waals surface area contributed by atoms with Gasteiger partial charge in [0.1, 0.15) is 11.4 Å². The molecule has 1 aromatic heterocycles. The quantitative estimate of drug-likeness (QED) is 0.883. The molecule has 0 radical (unpaired) electrons. The van der Waals surface area contributed by atoms with Crippen LogP contribution in [0.25, 0.3) is 11.3 Å². The van der Waals surface area contributed by atoms with Gasteiger partial charge in [-0.05, 0) is 32.0 Å². The van der Waals surface area contributed by atoms with Crippen molar-refractivity contribution in [2.45, 2.75) is 13.8 Å². The van der Waals surface area contributed by atoms with E-state index in [1.165, 1.54) is 0 Å². The summed E-state index contributed by atoms with van der Waals surface area (Å²) in [6.07, 6.45) is 0. The maximum atomic E-state index is 11.5. The number of ether oxygens (including phenoxy) is 1. The molecular weight excluding hydrogens is 280 g/mol. The molecule has 0 atom stereocenters. The Bertz CT molecular complexity index is 669. The molecule has 0 aliphatic carbocycles. The highest BCUT2D eigenvalue weighted by Gasteiger charge is 2.14. The lowest BCUT2D eigenvalue weighted by Gasteiger charge is -2.19. The van der Waals surface area contributed by atoms with E-state index < -0.39 is 5.91 Å². The predicted octanol–water partition coefficient (Wildman–Crippen LogP) is 2.10. The summed E-state index contributed by atoms with van der Waals surface area (Å²) < 4.78 is 5.23. The molecule has 1 heterocycles. The number of amides is 1. The normalized spacial score (nSPS) is 10.3. The molecule has 2 N–H and O–H groups in total. The van der Waals surface area contributed by atoms with Crippen LogP contribution in [0, 0.1) is 0 Å². The minimum absolute atomic E-state index is 0.203. The zero-order chi connectivity index (χ0) is 16.1. The highest BCUT2D eigenvalue weighted by Crippen LogP contribution is 2.24. The van der Waals surface area contributed by atoms with Gasteiger partial charge in [-0.25, -0.2) is 9.97 Å². The fourth-order valence-corrected chi connectivity index (χ4v) is 2.14. The van der Waals surface area contributed by atoms with E-state index in [1.54, 1.807) is 13.2 Å². The summed E-state index contributed by atoms with van der Waals surface area (Å²) in [5.41, 5.74) is 7.09. The van der Waals surface area contributed by atoms with Crippen molar-refractivity contribution in [1.82, 2.24) is 9.97 Å². The van der Waals surface area contributed by atoms with Crippen LogP contribution in [-0.2, 0) is 0 Å². The summed E-state index contributed by atoms with van der Waals surface area (Å²) >= 11 is 0. The first-order chi connectivity index (χ1) is 10.6. The van der Waals surface area contributed by atoms with Crippen molar-refractivity contribution in [2.24, 2.45) is 5.73 Å². The van der Waals surface area contributed by atoms with Crippen LogP contribution < -0.4 is 15.4 Å². The highest BCUT2D eigenvalue weighted by molar-refractivity contribution is 5.92. The lowest BCUT2D eigenvalue weighted by Crippen LogP contribution is -2.26. The maximum absolute atomic E-state index is 11.5. The second-order valence-corrected chi connectivity index (χ2v) is 4.71. The summed E-state index contributed by atoms with van der Waals surface area (Å²) in [6, 6.07) is 9.09. The summed E-state index contributed by atoms with van der Waals surface area (Å²) in [4.78, 5) is 22.3. The van der Waals surface area contributed by atoms with Gasteiger partial charge in [-0.1, -0.05) is 12.1 Å². The molecule has 0 saturated heterocycles. The van der Waals surface area contributed by atoms with Gasteiger partial charge >= 0.3 is 0 Å². The number of methoxy groups -OCH3 is 1. The Morgan fingerprint density at radius 3 is 2.55 bits per heavy atom. The van der Waals surface area contributed by atoms with E-state index in [9.17, 15) is 4.79 Å². The standard InChI is InChI=1S/C16H20N4O2/c1-4-20(5-2)16-18-13(10-14(19-16)15(17)21)11-7-6-8-12(9-11)22-3/h6-10H,4-5H2,1-3H3,(H2,17,21). The number of nitrogens with zero attached hydrogens (tertiary/aromatic N) is 3. The third-order valence-corrected chi connectivity index (χ3v) is 3.38. The number of anilines is 1. The van der Waals surface area contributed by atoms with Crippen LogP contribution in [0.3, 0.4) is 0 Å². The van der Waals surface area contributed by atoms with Gasteiger partial charge in [0.05, 0.1) is 12.8 Å². The lowest BCUT2D eigenvalue weighted by atomic mass is 10.1. The Kier molecular flexibility index (Phi) is 4.93. The van der Waals surface area contributed by atoms with Crippen molar-refractivity contribution >= 4 is 11.9 Å². The summed E-state index contributed by atoms with van der Waals surface area (Å²) in [5, 5.41) is 0. The minimum Gasteiger partial charge on any atom is -0.497 e. The van der Waals surface area contributed by atoms with Crippen molar-refractivity contribution in [3.63, 3.8) is 0 Å². The first kappa shape index (κ1) is 15.8. The monoisotopic (exact) mass is 300 g/mol. The number of rotatable bonds is 6. The SMILES string of the molecule is CCN(CC)c1nc(C(N)=O)cc(-c2cccc(OC)c2)n1. The number of aromatic nitrogens is 2. The van der Waals surface area contributed by atoms with E-state index in [2.05, 4.69) is 9.97 Å². The van der Waals surface area contributed by atoms with Crippen LogP contribution in [-0.4, -0.2) is 36.1 Å². The Balaban J connectivity index is 2.56. The van der Waals surface area contributed by atoms with Gasteiger partial charge in [-0.3, -0.25) is 4.79 Å². The smallest absolute Gasteiger partial charge is 0.267 e. The molecule has 1 amide bonds. The number of benzene rings is 1. The van der Waals surface area contributed by atoms with E-state index in [4.69, 9.17) is 10.5 Å². The largest absolute Gasteiger partial charge is 0.497 e. The van der Waals surface area contributed by atoms with Crippen LogP contribution in [0.5, 0.6) is 5.75 Å². The number of hydrogen-bond donors (Lipinski definition) is 1. The average molecular weight is 300 g/mol. The molecule has 6 heteroatoms. The van der Waals surface area contributed by atoms with E-state index in [1.807, 2.05) is 43.0 Å². The van der Waals surface area contributed by atoms with Crippen LogP contribution in [0.4, 0.5) is 5.95 Å². The van der Waals surface area contributed by atoms with Crippen LogP contribution in [0.15, 0.2) is 30.3 Å². The third-order valence-electron chi connectivity index (χ3n) is 3.38. The van der Waals surface area contributed by atoms with E-state index in [0.29, 0.717) is 11.6 Å². The first-order valence-electron chi connectivity index (χ1n) is 7.17. The van der Waals surface area contributed by atoms with Gasteiger partial charge in [0.2, 0.25) is 5.95 Å². The van der Waals surface area contributed by atoms with Gasteiger partial charge in [-0.2, -0.15) is 0 Å². The molecule has 0 bridgehead atoms. The van der Waals surface area contributed by atoms with Gasteiger partial charge in [0, 0.05) is 18.7 Å². The van der Waals surface area contributed by atoms with Crippen LogP contribution in [0.1, 0.15) is 24.3 Å². The van der Waals surface area contributed by atoms with Crippen molar-refractivity contribution in [1.29, 1.82) is 0 Å². The summed E-state index contributed by atoms with van der Waals surface area (Å²) in [6.45, 7) is 5.51. The number of nitrogens with two attached hydrogens (primary N) is 1. The number of carbonyl (C=O) groups is 1. The van der Waals surface area contributed by atoms with E-state index in [-0.39, 0.29) is 5.69 Å². The zero-order valence-electron chi connectivity index (χ0n) is 13.0. The topological polar surface area (TPSA) is 81.3 Å². The van der Waals surface area contributed by atoms with E-state index >= 15 is 0 Å². The molecular formula is C16H20N4O2. The molecule has 2 rings (SSSR count). The number of hydrogen-bond acceptors (Lipinski definition) is 5. The fourth-order valence-electron chi connectivity index (χ4n) is 2.14. The molecule has 0 fully saturated rings. The Morgan fingerprint density at radius 1 is 1.23 bits per heavy atom. The Labute approximate surface area is 129 Å². The molecule has 6 nitrogen and oxygen atoms in total. The highest BCUT2D eigenvalue weighted by atomic mass is 16.5. The molecule has 0 saturated carbocycles. The average Bonchev–Trinajstić information content (AvgIpc) is 2.55. The van der Waals surface area contributed by atoms with Gasteiger partial charge < -0.3 is 15.4 Å². The maximum Gasteiger partial charge on any atom is 0.267 e. The van der Waals surface area contributed by atoms with E-state index in [0.717, 1.165) is 24.4 Å². The second-order valence-electron chi connectivity index (χ2n) is 4.71. The molecule has 0 aliphatic rings. The molecule has 0 spiro atoms. The first-order valence-corrected chi connectivity index (χ1v) is 7.17.